The number of guanidine groups is 1. The van der Waals surface area contributed by atoms with Crippen molar-refractivity contribution in [1.82, 2.24) is 0 Å². The van der Waals surface area contributed by atoms with Gasteiger partial charge in [0, 0.05) is 15.4 Å². The van der Waals surface area contributed by atoms with Gasteiger partial charge in [0.1, 0.15) is 11.5 Å². The van der Waals surface area contributed by atoms with Crippen molar-refractivity contribution in [3.05, 3.63) is 46.5 Å². The molecule has 2 aliphatic rings. The number of esters is 1. The number of ether oxygens (including phenoxy) is 1. The largest absolute Gasteiger partial charge is 0.465 e. The van der Waals surface area contributed by atoms with Gasteiger partial charge in [0.25, 0.3) is 5.91 Å². The highest BCUT2D eigenvalue weighted by molar-refractivity contribution is 8.16. The lowest BCUT2D eigenvalue weighted by Crippen LogP contribution is -2.25. The molecule has 4 N–H and O–H groups in total. The van der Waals surface area contributed by atoms with Gasteiger partial charge in [-0.05, 0) is 71.8 Å². The van der Waals surface area contributed by atoms with Crippen molar-refractivity contribution in [2.75, 3.05) is 18.6 Å². The number of methoxy groups -OCH3 is 1. The summed E-state index contributed by atoms with van der Waals surface area (Å²) in [7, 11) is -6.15. The predicted molar refractivity (Wildman–Crippen MR) is 149 cm³/mol. The number of sulfone groups is 2. The molecule has 0 aromatic heterocycles. The number of thioether (sulfide) groups is 2. The van der Waals surface area contributed by atoms with E-state index in [1.54, 1.807) is 13.0 Å². The van der Waals surface area contributed by atoms with E-state index >= 15 is 0 Å². The third-order valence-corrected chi connectivity index (χ3v) is 11.5. The molecule has 0 saturated heterocycles. The van der Waals surface area contributed by atoms with E-state index in [0.717, 1.165) is 23.5 Å². The van der Waals surface area contributed by atoms with Crippen molar-refractivity contribution < 1.29 is 40.8 Å². The highest BCUT2D eigenvalue weighted by Gasteiger charge is 2.33. The van der Waals surface area contributed by atoms with Crippen molar-refractivity contribution in [3.8, 4) is 0 Å². The molecule has 0 saturated carbocycles. The molecule has 12 nitrogen and oxygen atoms in total. The van der Waals surface area contributed by atoms with Crippen LogP contribution in [0.25, 0.3) is 0 Å². The van der Waals surface area contributed by atoms with Gasteiger partial charge < -0.3 is 16.2 Å². The molecule has 214 valence electrons. The molecule has 0 radical (unpaired) electrons. The van der Waals surface area contributed by atoms with E-state index in [2.05, 4.69) is 9.73 Å². The minimum absolute atomic E-state index is 0.0292. The van der Waals surface area contributed by atoms with Crippen LogP contribution in [-0.2, 0) is 46.8 Å². The number of carbonyl (C=O) groups is 4. The van der Waals surface area contributed by atoms with Crippen LogP contribution in [-0.4, -0.2) is 63.5 Å². The van der Waals surface area contributed by atoms with Crippen molar-refractivity contribution in [2.24, 2.45) is 16.5 Å². The zero-order chi connectivity index (χ0) is 30.0. The molecule has 0 spiro atoms. The molecule has 0 bridgehead atoms. The fraction of sp³-hybridized carbons (Fsp3) is 0.292. The van der Waals surface area contributed by atoms with Crippen LogP contribution in [0, 0.1) is 0 Å². The number of nitrogens with two attached hydrogens (primary N) is 2. The number of benzene rings is 2. The maximum Gasteiger partial charge on any atom is 0.338 e. The second-order valence-electron chi connectivity index (χ2n) is 8.42. The molecule has 0 aliphatic carbocycles. The Bertz CT molecular complexity index is 1680. The first-order valence-electron chi connectivity index (χ1n) is 11.6. The zero-order valence-electron chi connectivity index (χ0n) is 21.5. The minimum atomic E-state index is -3.73. The highest BCUT2D eigenvalue weighted by atomic mass is 32.2. The molecule has 4 rings (SSSR count). The standard InChI is InChI=1S/C12H13N3O4S2.C12H12O5S2/c1-2-6-3-8-9(21(18,19)5-10(16)20-8)4-7(6)11(17)15-12(13)14;1-3-7-4-9-10(5-8(7)12(14)17-2)19(15,16)6-11(13)18-9/h3-4H,2,5H2,1H3,(H4,13,14,15,17);4-5H,3,6H2,1-2H3. The van der Waals surface area contributed by atoms with E-state index in [4.69, 9.17) is 11.5 Å². The number of carbonyl (C=O) groups excluding carboxylic acids is 4. The van der Waals surface area contributed by atoms with Crippen molar-refractivity contribution in [1.29, 1.82) is 0 Å². The Morgan fingerprint density at radius 3 is 1.65 bits per heavy atom. The van der Waals surface area contributed by atoms with Gasteiger partial charge in [0.05, 0.1) is 22.5 Å². The van der Waals surface area contributed by atoms with Crippen LogP contribution in [0.2, 0.25) is 0 Å². The minimum Gasteiger partial charge on any atom is -0.465 e. The van der Waals surface area contributed by atoms with E-state index in [1.165, 1.54) is 25.3 Å². The molecule has 2 heterocycles. The lowest BCUT2D eigenvalue weighted by atomic mass is 10.0. The summed E-state index contributed by atoms with van der Waals surface area (Å²) in [4.78, 5) is 50.7. The van der Waals surface area contributed by atoms with Gasteiger partial charge in [0.15, 0.2) is 25.6 Å². The number of aliphatic imine (C=N–C) groups is 1. The summed E-state index contributed by atoms with van der Waals surface area (Å²) in [5, 5.41) is -0.840. The van der Waals surface area contributed by atoms with Crippen LogP contribution < -0.4 is 11.5 Å². The average Bonchev–Trinajstić information content (AvgIpc) is 2.85. The van der Waals surface area contributed by atoms with Crippen molar-refractivity contribution >= 4 is 71.3 Å². The van der Waals surface area contributed by atoms with E-state index in [1.807, 2.05) is 6.92 Å². The third-order valence-electron chi connectivity index (χ3n) is 5.70. The Morgan fingerprint density at radius 2 is 1.25 bits per heavy atom. The SMILES string of the molecule is CCc1cc2c(cc1C(=O)N=C(N)N)S(=O)(=O)CC(=O)S2.CCc1cc2c(cc1C(=O)OC)S(=O)(=O)CC(=O)S2. The molecule has 2 aromatic carbocycles. The normalized spacial score (nSPS) is 16.5. The Balaban J connectivity index is 0.000000222. The number of aryl methyl sites for hydroxylation is 2. The fourth-order valence-electron chi connectivity index (χ4n) is 3.88. The van der Waals surface area contributed by atoms with E-state index in [0.29, 0.717) is 33.8 Å². The van der Waals surface area contributed by atoms with E-state index in [9.17, 15) is 36.0 Å². The Hall–Kier alpha value is -3.21. The predicted octanol–water partition coefficient (Wildman–Crippen LogP) is 1.51. The second kappa shape index (κ2) is 12.1. The quantitative estimate of drug-likeness (QED) is 0.280. The molecule has 0 atom stereocenters. The summed E-state index contributed by atoms with van der Waals surface area (Å²) < 4.78 is 52.7. The van der Waals surface area contributed by atoms with Crippen LogP contribution in [0.1, 0.15) is 45.7 Å². The molecule has 0 fully saturated rings. The molecule has 2 aliphatic heterocycles. The smallest absolute Gasteiger partial charge is 0.338 e. The van der Waals surface area contributed by atoms with Gasteiger partial charge in [-0.1, -0.05) is 13.8 Å². The van der Waals surface area contributed by atoms with Crippen LogP contribution >= 0.6 is 23.5 Å². The van der Waals surface area contributed by atoms with E-state index < -0.39 is 59.2 Å². The van der Waals surface area contributed by atoms with Gasteiger partial charge in [-0.3, -0.25) is 14.4 Å². The number of rotatable bonds is 4. The number of fused-ring (bicyclic) bond motifs is 2. The number of nitrogens with zero attached hydrogens (tertiary/aromatic N) is 1. The first-order valence-corrected chi connectivity index (χ1v) is 16.5. The molecular weight excluding hydrogens is 603 g/mol. The number of hydrogen-bond donors (Lipinski definition) is 2. The molecule has 2 aromatic rings. The molecule has 1 amide bonds. The topological polar surface area (TPSA) is 210 Å². The van der Waals surface area contributed by atoms with Gasteiger partial charge >= 0.3 is 5.97 Å². The Labute approximate surface area is 239 Å². The maximum absolute atomic E-state index is 12.0. The highest BCUT2D eigenvalue weighted by Crippen LogP contribution is 2.37. The van der Waals surface area contributed by atoms with Crippen molar-refractivity contribution in [3.63, 3.8) is 0 Å². The summed E-state index contributed by atoms with van der Waals surface area (Å²) in [5.41, 5.74) is 12.0. The van der Waals surface area contributed by atoms with Gasteiger partial charge in [-0.25, -0.2) is 21.6 Å². The average molecular weight is 628 g/mol. The Morgan fingerprint density at radius 1 is 0.825 bits per heavy atom. The fourth-order valence-corrected chi connectivity index (χ4v) is 9.76. The summed E-state index contributed by atoms with van der Waals surface area (Å²) >= 11 is 1.76. The van der Waals surface area contributed by atoms with Gasteiger partial charge in [-0.15, -0.1) is 0 Å². The van der Waals surface area contributed by atoms with Gasteiger partial charge in [0.2, 0.25) is 10.2 Å². The van der Waals surface area contributed by atoms with Crippen LogP contribution in [0.5, 0.6) is 0 Å². The van der Waals surface area contributed by atoms with Crippen LogP contribution in [0.3, 0.4) is 0 Å². The maximum atomic E-state index is 12.0. The monoisotopic (exact) mass is 627 g/mol. The number of amides is 1. The van der Waals surface area contributed by atoms with Crippen molar-refractivity contribution in [2.45, 2.75) is 46.3 Å². The third kappa shape index (κ3) is 6.74. The lowest BCUT2D eigenvalue weighted by Gasteiger charge is -2.17. The molecular formula is C24H25N3O9S4. The lowest BCUT2D eigenvalue weighted by molar-refractivity contribution is -0.109. The number of hydrogen-bond acceptors (Lipinski definition) is 11. The molecule has 16 heteroatoms. The second-order valence-corrected chi connectivity index (χ2v) is 14.5. The Kier molecular flexibility index (Phi) is 9.49. The molecule has 40 heavy (non-hydrogen) atoms. The van der Waals surface area contributed by atoms with Gasteiger partial charge in [-0.2, -0.15) is 4.99 Å². The zero-order valence-corrected chi connectivity index (χ0v) is 24.8. The summed E-state index contributed by atoms with van der Waals surface area (Å²) in [6, 6.07) is 5.68. The first-order chi connectivity index (χ1) is 18.6. The van der Waals surface area contributed by atoms with Crippen LogP contribution in [0.4, 0.5) is 0 Å². The van der Waals surface area contributed by atoms with E-state index in [-0.39, 0.29) is 20.9 Å². The first kappa shape index (κ1) is 31.3. The van der Waals surface area contributed by atoms with Crippen LogP contribution in [0.15, 0.2) is 48.8 Å². The summed E-state index contributed by atoms with van der Waals surface area (Å²) in [6.45, 7) is 3.65. The summed E-state index contributed by atoms with van der Waals surface area (Å²) in [6.07, 6.45) is 1.02. The summed E-state index contributed by atoms with van der Waals surface area (Å²) in [5.74, 6) is -2.78. The molecule has 0 unspecified atom stereocenters.